The van der Waals surface area contributed by atoms with Gasteiger partial charge in [0, 0.05) is 23.4 Å². The Morgan fingerprint density at radius 3 is 2.75 bits per heavy atom. The van der Waals surface area contributed by atoms with Crippen molar-refractivity contribution >= 4 is 11.3 Å². The molecule has 0 bridgehead atoms. The van der Waals surface area contributed by atoms with Crippen LogP contribution < -0.4 is 5.32 Å². The lowest BCUT2D eigenvalue weighted by Crippen LogP contribution is -2.20. The molecule has 0 unspecified atom stereocenters. The molecule has 1 aromatic rings. The van der Waals surface area contributed by atoms with Crippen molar-refractivity contribution in [1.29, 1.82) is 0 Å². The van der Waals surface area contributed by atoms with Crippen molar-refractivity contribution in [2.45, 2.75) is 32.6 Å². The third-order valence-electron chi connectivity index (χ3n) is 2.56. The van der Waals surface area contributed by atoms with Gasteiger partial charge in [-0.2, -0.15) is 0 Å². The maximum absolute atomic E-state index is 4.97. The van der Waals surface area contributed by atoms with Crippen molar-refractivity contribution in [1.82, 2.24) is 5.32 Å². The smallest absolute Gasteiger partial charge is 0.0587 e. The molecule has 1 rings (SSSR count). The molecule has 1 aromatic heterocycles. The van der Waals surface area contributed by atoms with Gasteiger partial charge in [0.25, 0.3) is 0 Å². The standard InChI is InChI=1S/C13H23NOS/c1-12-7-8-13(16-12)6-4-3-5-9-14-10-11-15-2/h7-8,14H,3-6,9-11H2,1-2H3. The summed E-state index contributed by atoms with van der Waals surface area (Å²) in [5.41, 5.74) is 0. The second-order valence-corrected chi connectivity index (χ2v) is 5.44. The largest absolute Gasteiger partial charge is 0.383 e. The van der Waals surface area contributed by atoms with E-state index in [1.807, 2.05) is 11.3 Å². The van der Waals surface area contributed by atoms with E-state index in [0.29, 0.717) is 0 Å². The predicted molar refractivity (Wildman–Crippen MR) is 71.4 cm³/mol. The van der Waals surface area contributed by atoms with Crippen LogP contribution in [0.2, 0.25) is 0 Å². The maximum Gasteiger partial charge on any atom is 0.0587 e. The van der Waals surface area contributed by atoms with Gasteiger partial charge in [0.05, 0.1) is 6.61 Å². The number of hydrogen-bond donors (Lipinski definition) is 1. The van der Waals surface area contributed by atoms with Crippen LogP contribution in [-0.4, -0.2) is 26.8 Å². The molecular weight excluding hydrogens is 218 g/mol. The maximum atomic E-state index is 4.97. The van der Waals surface area contributed by atoms with Crippen LogP contribution in [0.3, 0.4) is 0 Å². The lowest BCUT2D eigenvalue weighted by Gasteiger charge is -2.03. The monoisotopic (exact) mass is 241 g/mol. The fourth-order valence-corrected chi connectivity index (χ4v) is 2.58. The second kappa shape index (κ2) is 8.74. The number of unbranched alkanes of at least 4 members (excludes halogenated alkanes) is 2. The summed E-state index contributed by atoms with van der Waals surface area (Å²) >= 11 is 1.93. The van der Waals surface area contributed by atoms with Crippen LogP contribution >= 0.6 is 11.3 Å². The Hall–Kier alpha value is -0.380. The van der Waals surface area contributed by atoms with Gasteiger partial charge < -0.3 is 10.1 Å². The average molecular weight is 241 g/mol. The zero-order chi connectivity index (χ0) is 11.6. The number of nitrogens with one attached hydrogen (secondary N) is 1. The van der Waals surface area contributed by atoms with Gasteiger partial charge in [-0.1, -0.05) is 6.42 Å². The van der Waals surface area contributed by atoms with E-state index in [0.717, 1.165) is 19.7 Å². The molecule has 0 amide bonds. The molecule has 0 aliphatic carbocycles. The molecule has 1 heterocycles. The van der Waals surface area contributed by atoms with E-state index < -0.39 is 0 Å². The van der Waals surface area contributed by atoms with E-state index in [4.69, 9.17) is 4.74 Å². The summed E-state index contributed by atoms with van der Waals surface area (Å²) in [6.45, 7) is 5.08. The summed E-state index contributed by atoms with van der Waals surface area (Å²) in [4.78, 5) is 2.96. The zero-order valence-electron chi connectivity index (χ0n) is 10.4. The van der Waals surface area contributed by atoms with Crippen molar-refractivity contribution in [2.24, 2.45) is 0 Å². The quantitative estimate of drug-likeness (QED) is 0.671. The van der Waals surface area contributed by atoms with Gasteiger partial charge in [0.15, 0.2) is 0 Å². The minimum absolute atomic E-state index is 0.814. The van der Waals surface area contributed by atoms with Crippen LogP contribution in [0.25, 0.3) is 0 Å². The first-order chi connectivity index (χ1) is 7.83. The Kier molecular flexibility index (Phi) is 7.47. The topological polar surface area (TPSA) is 21.3 Å². The summed E-state index contributed by atoms with van der Waals surface area (Å²) in [6, 6.07) is 4.48. The van der Waals surface area contributed by atoms with Crippen molar-refractivity contribution in [2.75, 3.05) is 26.8 Å². The highest BCUT2D eigenvalue weighted by molar-refractivity contribution is 7.11. The molecule has 0 spiro atoms. The third kappa shape index (κ3) is 6.26. The molecule has 3 heteroatoms. The highest BCUT2D eigenvalue weighted by atomic mass is 32.1. The van der Waals surface area contributed by atoms with E-state index in [1.54, 1.807) is 7.11 Å². The summed E-state index contributed by atoms with van der Waals surface area (Å²) in [6.07, 6.45) is 5.15. The average Bonchev–Trinajstić information content (AvgIpc) is 2.68. The normalized spacial score (nSPS) is 10.9. The van der Waals surface area contributed by atoms with Crippen molar-refractivity contribution < 1.29 is 4.74 Å². The van der Waals surface area contributed by atoms with E-state index in [-0.39, 0.29) is 0 Å². The molecule has 0 aliphatic heterocycles. The minimum Gasteiger partial charge on any atom is -0.383 e. The number of aryl methyl sites for hydroxylation is 2. The molecule has 0 radical (unpaired) electrons. The Morgan fingerprint density at radius 1 is 1.19 bits per heavy atom. The first-order valence-electron chi connectivity index (χ1n) is 6.08. The van der Waals surface area contributed by atoms with Gasteiger partial charge in [-0.3, -0.25) is 0 Å². The Morgan fingerprint density at radius 2 is 2.06 bits per heavy atom. The molecule has 16 heavy (non-hydrogen) atoms. The highest BCUT2D eigenvalue weighted by Crippen LogP contribution is 2.17. The van der Waals surface area contributed by atoms with Crippen LogP contribution in [0.1, 0.15) is 29.0 Å². The lowest BCUT2D eigenvalue weighted by atomic mass is 10.2. The number of ether oxygens (including phenoxy) is 1. The molecule has 0 fully saturated rings. The summed E-state index contributed by atoms with van der Waals surface area (Å²) in [5, 5.41) is 3.37. The fourth-order valence-electron chi connectivity index (χ4n) is 1.64. The van der Waals surface area contributed by atoms with Gasteiger partial charge in [-0.15, -0.1) is 11.3 Å². The summed E-state index contributed by atoms with van der Waals surface area (Å²) in [5.74, 6) is 0. The molecule has 2 nitrogen and oxygen atoms in total. The van der Waals surface area contributed by atoms with Crippen molar-refractivity contribution in [3.63, 3.8) is 0 Å². The number of methoxy groups -OCH3 is 1. The van der Waals surface area contributed by atoms with Gasteiger partial charge >= 0.3 is 0 Å². The Bertz CT molecular complexity index is 273. The van der Waals surface area contributed by atoms with E-state index in [1.165, 1.54) is 35.4 Å². The van der Waals surface area contributed by atoms with Crippen molar-refractivity contribution in [3.8, 4) is 0 Å². The molecule has 0 aromatic carbocycles. The van der Waals surface area contributed by atoms with Gasteiger partial charge in [0.1, 0.15) is 0 Å². The first-order valence-corrected chi connectivity index (χ1v) is 6.89. The number of rotatable bonds is 9. The number of thiophene rings is 1. The Balaban J connectivity index is 1.88. The molecule has 0 atom stereocenters. The first kappa shape index (κ1) is 13.7. The van der Waals surface area contributed by atoms with Crippen LogP contribution in [0.15, 0.2) is 12.1 Å². The lowest BCUT2D eigenvalue weighted by molar-refractivity contribution is 0.199. The van der Waals surface area contributed by atoms with E-state index in [9.17, 15) is 0 Å². The highest BCUT2D eigenvalue weighted by Gasteiger charge is 1.96. The molecule has 0 saturated carbocycles. The SMILES string of the molecule is COCCNCCCCCc1ccc(C)s1. The predicted octanol–water partition coefficient (Wildman–Crippen LogP) is 3.01. The van der Waals surface area contributed by atoms with Gasteiger partial charge in [-0.25, -0.2) is 0 Å². The summed E-state index contributed by atoms with van der Waals surface area (Å²) in [7, 11) is 1.74. The Labute approximate surface area is 103 Å². The molecule has 1 N–H and O–H groups in total. The van der Waals surface area contributed by atoms with Crippen LogP contribution in [-0.2, 0) is 11.2 Å². The van der Waals surface area contributed by atoms with E-state index in [2.05, 4.69) is 24.4 Å². The fraction of sp³-hybridized carbons (Fsp3) is 0.692. The van der Waals surface area contributed by atoms with E-state index >= 15 is 0 Å². The molecule has 0 aliphatic rings. The summed E-state index contributed by atoms with van der Waals surface area (Å²) < 4.78 is 4.97. The van der Waals surface area contributed by atoms with Crippen molar-refractivity contribution in [3.05, 3.63) is 21.9 Å². The third-order valence-corrected chi connectivity index (χ3v) is 3.62. The van der Waals surface area contributed by atoms with Gasteiger partial charge in [0.2, 0.25) is 0 Å². The zero-order valence-corrected chi connectivity index (χ0v) is 11.2. The molecule has 0 saturated heterocycles. The molecule has 92 valence electrons. The van der Waals surface area contributed by atoms with Crippen LogP contribution in [0.5, 0.6) is 0 Å². The second-order valence-electron chi connectivity index (χ2n) is 4.07. The minimum atomic E-state index is 0.814. The van der Waals surface area contributed by atoms with Crippen LogP contribution in [0, 0.1) is 6.92 Å². The number of hydrogen-bond acceptors (Lipinski definition) is 3. The molecular formula is C13H23NOS. The van der Waals surface area contributed by atoms with Crippen LogP contribution in [0.4, 0.5) is 0 Å². The van der Waals surface area contributed by atoms with Gasteiger partial charge in [-0.05, 0) is 44.9 Å².